The molecular formula is C20H23NO7. The Hall–Kier alpha value is -2.49. The van der Waals surface area contributed by atoms with Crippen molar-refractivity contribution in [3.05, 3.63) is 54.1 Å². The predicted molar refractivity (Wildman–Crippen MR) is 99.7 cm³/mol. The fourth-order valence-corrected chi connectivity index (χ4v) is 3.01. The van der Waals surface area contributed by atoms with Crippen LogP contribution in [0.4, 0.5) is 0 Å². The average molecular weight is 389 g/mol. The molecule has 1 amide bonds. The van der Waals surface area contributed by atoms with Crippen LogP contribution in [0.15, 0.2) is 48.5 Å². The van der Waals surface area contributed by atoms with E-state index in [1.807, 2.05) is 6.07 Å². The van der Waals surface area contributed by atoms with Gasteiger partial charge in [0.1, 0.15) is 30.2 Å². The van der Waals surface area contributed by atoms with Crippen LogP contribution in [0.2, 0.25) is 0 Å². The molecule has 1 saturated heterocycles. The lowest BCUT2D eigenvalue weighted by molar-refractivity contribution is -0.277. The highest BCUT2D eigenvalue weighted by Crippen LogP contribution is 2.27. The summed E-state index contributed by atoms with van der Waals surface area (Å²) in [6.07, 6.45) is -6.67. The highest BCUT2D eigenvalue weighted by atomic mass is 16.7. The first-order valence-electron chi connectivity index (χ1n) is 8.84. The van der Waals surface area contributed by atoms with Gasteiger partial charge in [-0.3, -0.25) is 4.79 Å². The number of hydrogen-bond donors (Lipinski definition) is 5. The molecule has 0 spiro atoms. The number of ether oxygens (including phenoxy) is 2. The zero-order valence-electron chi connectivity index (χ0n) is 15.2. The number of hydrogen-bond acceptors (Lipinski definition) is 7. The number of aliphatic hydroxyl groups excluding tert-OH is 4. The second-order valence-corrected chi connectivity index (χ2v) is 6.50. The van der Waals surface area contributed by atoms with E-state index in [1.54, 1.807) is 49.5 Å². The van der Waals surface area contributed by atoms with E-state index in [0.717, 1.165) is 11.1 Å². The first-order valence-corrected chi connectivity index (χ1v) is 8.84. The molecule has 5 atom stereocenters. The van der Waals surface area contributed by atoms with Crippen LogP contribution in [0.5, 0.6) is 5.75 Å². The van der Waals surface area contributed by atoms with Crippen molar-refractivity contribution in [3.8, 4) is 16.9 Å². The van der Waals surface area contributed by atoms with Crippen molar-refractivity contribution in [1.82, 2.24) is 5.32 Å². The minimum atomic E-state index is -1.50. The molecule has 1 aliphatic heterocycles. The van der Waals surface area contributed by atoms with Crippen molar-refractivity contribution in [2.24, 2.45) is 0 Å². The van der Waals surface area contributed by atoms with Crippen LogP contribution < -0.4 is 10.1 Å². The topological polar surface area (TPSA) is 128 Å². The van der Waals surface area contributed by atoms with Crippen molar-refractivity contribution < 1.29 is 34.7 Å². The van der Waals surface area contributed by atoms with E-state index in [4.69, 9.17) is 9.47 Å². The third kappa shape index (κ3) is 4.16. The standard InChI is InChI=1S/C20H23NO7/c1-21-19(26)13-4-2-3-12(9-13)11-5-7-14(8-6-11)27-20-18(25)17(24)16(23)15(10-22)28-20/h2-9,15-18,20,22-25H,10H2,1H3,(H,21,26)/t15?,16?,17?,18?,20-/m0/s1. The SMILES string of the molecule is CNC(=O)c1cccc(-c2ccc(O[C@H]3OC(CO)C(O)C(O)C3O)cc2)c1. The normalized spacial score (nSPS) is 27.2. The molecule has 4 unspecified atom stereocenters. The van der Waals surface area contributed by atoms with Gasteiger partial charge in [0, 0.05) is 12.6 Å². The van der Waals surface area contributed by atoms with E-state index >= 15 is 0 Å². The van der Waals surface area contributed by atoms with Crippen LogP contribution >= 0.6 is 0 Å². The molecule has 0 aliphatic carbocycles. The molecule has 1 fully saturated rings. The Balaban J connectivity index is 1.74. The number of rotatable bonds is 5. The first kappa shape index (κ1) is 20.2. The fraction of sp³-hybridized carbons (Fsp3) is 0.350. The Morgan fingerprint density at radius 3 is 2.39 bits per heavy atom. The minimum absolute atomic E-state index is 0.176. The summed E-state index contributed by atoms with van der Waals surface area (Å²) in [6, 6.07) is 14.0. The molecule has 0 aromatic heterocycles. The van der Waals surface area contributed by atoms with Crippen molar-refractivity contribution in [1.29, 1.82) is 0 Å². The van der Waals surface area contributed by atoms with Gasteiger partial charge in [0.15, 0.2) is 0 Å². The van der Waals surface area contributed by atoms with Gasteiger partial charge in [-0.1, -0.05) is 24.3 Å². The Labute approximate surface area is 162 Å². The highest BCUT2D eigenvalue weighted by molar-refractivity contribution is 5.95. The summed E-state index contributed by atoms with van der Waals surface area (Å²) in [5, 5.41) is 41.5. The van der Waals surface area contributed by atoms with E-state index in [2.05, 4.69) is 5.32 Å². The number of amides is 1. The summed E-state index contributed by atoms with van der Waals surface area (Å²) in [6.45, 7) is -0.522. The van der Waals surface area contributed by atoms with Crippen LogP contribution in [-0.4, -0.2) is 70.7 Å². The largest absolute Gasteiger partial charge is 0.462 e. The first-order chi connectivity index (χ1) is 13.4. The molecule has 2 aromatic carbocycles. The molecule has 28 heavy (non-hydrogen) atoms. The molecule has 5 N–H and O–H groups in total. The highest BCUT2D eigenvalue weighted by Gasteiger charge is 2.44. The van der Waals surface area contributed by atoms with Gasteiger partial charge in [-0.2, -0.15) is 0 Å². The van der Waals surface area contributed by atoms with E-state index in [1.165, 1.54) is 0 Å². The number of carbonyl (C=O) groups is 1. The lowest BCUT2D eigenvalue weighted by Crippen LogP contribution is -2.60. The smallest absolute Gasteiger partial charge is 0.251 e. The average Bonchev–Trinajstić information content (AvgIpc) is 2.74. The van der Waals surface area contributed by atoms with Crippen molar-refractivity contribution >= 4 is 5.91 Å². The molecule has 0 radical (unpaired) electrons. The Bertz CT molecular complexity index is 808. The third-order valence-corrected chi connectivity index (χ3v) is 4.64. The number of carbonyl (C=O) groups excluding carboxylic acids is 1. The zero-order chi connectivity index (χ0) is 20.3. The molecule has 0 saturated carbocycles. The van der Waals surface area contributed by atoms with Crippen LogP contribution in [0, 0.1) is 0 Å². The Morgan fingerprint density at radius 1 is 1.04 bits per heavy atom. The minimum Gasteiger partial charge on any atom is -0.462 e. The maximum absolute atomic E-state index is 11.8. The predicted octanol–water partition coefficient (Wildman–Crippen LogP) is -0.108. The number of benzene rings is 2. The summed E-state index contributed by atoms with van der Waals surface area (Å²) in [4.78, 5) is 11.8. The van der Waals surface area contributed by atoms with Gasteiger partial charge in [-0.05, 0) is 35.4 Å². The lowest BCUT2D eigenvalue weighted by Gasteiger charge is -2.39. The van der Waals surface area contributed by atoms with Crippen molar-refractivity contribution in [3.63, 3.8) is 0 Å². The maximum atomic E-state index is 11.8. The summed E-state index contributed by atoms with van der Waals surface area (Å²) in [5.41, 5.74) is 2.24. The molecule has 2 aromatic rings. The fourth-order valence-electron chi connectivity index (χ4n) is 3.01. The van der Waals surface area contributed by atoms with Gasteiger partial charge in [-0.15, -0.1) is 0 Å². The molecule has 150 valence electrons. The van der Waals surface area contributed by atoms with E-state index in [-0.39, 0.29) is 5.91 Å². The van der Waals surface area contributed by atoms with Crippen molar-refractivity contribution in [2.45, 2.75) is 30.7 Å². The Morgan fingerprint density at radius 2 is 1.75 bits per heavy atom. The monoisotopic (exact) mass is 389 g/mol. The summed E-state index contributed by atoms with van der Waals surface area (Å²) >= 11 is 0. The van der Waals surface area contributed by atoms with Gasteiger partial charge < -0.3 is 35.2 Å². The lowest BCUT2D eigenvalue weighted by atomic mass is 9.99. The van der Waals surface area contributed by atoms with Crippen LogP contribution in [-0.2, 0) is 4.74 Å². The van der Waals surface area contributed by atoms with E-state index < -0.39 is 37.3 Å². The molecule has 3 rings (SSSR count). The van der Waals surface area contributed by atoms with E-state index in [0.29, 0.717) is 11.3 Å². The summed E-state index contributed by atoms with van der Waals surface area (Å²) in [7, 11) is 1.57. The van der Waals surface area contributed by atoms with E-state index in [9.17, 15) is 25.2 Å². The molecule has 8 nitrogen and oxygen atoms in total. The number of nitrogens with one attached hydrogen (secondary N) is 1. The quantitative estimate of drug-likeness (QED) is 0.483. The molecular weight excluding hydrogens is 366 g/mol. The zero-order valence-corrected chi connectivity index (χ0v) is 15.2. The third-order valence-electron chi connectivity index (χ3n) is 4.64. The maximum Gasteiger partial charge on any atom is 0.251 e. The molecule has 8 heteroatoms. The van der Waals surface area contributed by atoms with Gasteiger partial charge in [-0.25, -0.2) is 0 Å². The van der Waals surface area contributed by atoms with Gasteiger partial charge in [0.2, 0.25) is 6.29 Å². The summed E-state index contributed by atoms with van der Waals surface area (Å²) < 4.78 is 10.9. The van der Waals surface area contributed by atoms with Gasteiger partial charge in [0.25, 0.3) is 5.91 Å². The Kier molecular flexibility index (Phi) is 6.28. The van der Waals surface area contributed by atoms with Gasteiger partial charge >= 0.3 is 0 Å². The number of aliphatic hydroxyl groups is 4. The molecule has 1 heterocycles. The van der Waals surface area contributed by atoms with Crippen LogP contribution in [0.1, 0.15) is 10.4 Å². The second-order valence-electron chi connectivity index (χ2n) is 6.50. The van der Waals surface area contributed by atoms with Crippen molar-refractivity contribution in [2.75, 3.05) is 13.7 Å². The summed E-state index contributed by atoms with van der Waals surface area (Å²) in [5.74, 6) is 0.194. The van der Waals surface area contributed by atoms with Crippen LogP contribution in [0.3, 0.4) is 0 Å². The molecule has 1 aliphatic rings. The van der Waals surface area contributed by atoms with Crippen LogP contribution in [0.25, 0.3) is 11.1 Å². The molecule has 0 bridgehead atoms. The second kappa shape index (κ2) is 8.68. The van der Waals surface area contributed by atoms with Gasteiger partial charge in [0.05, 0.1) is 6.61 Å².